The van der Waals surface area contributed by atoms with Crippen LogP contribution in [0.1, 0.15) is 32.8 Å². The zero-order chi connectivity index (χ0) is 15.1. The molecular weight excluding hydrogens is 256 g/mol. The smallest absolute Gasteiger partial charge is 0.0167 e. The third-order valence-electron chi connectivity index (χ3n) is 4.12. The average Bonchev–Trinajstić information content (AvgIpc) is 2.47. The predicted octanol–water partition coefficient (Wildman–Crippen LogP) is 3.75. The maximum atomic E-state index is 2.61. The Kier molecular flexibility index (Phi) is 6.01. The first-order chi connectivity index (χ1) is 10.0. The van der Waals surface area contributed by atoms with Gasteiger partial charge in [-0.25, -0.2) is 0 Å². The van der Waals surface area contributed by atoms with E-state index in [1.165, 1.54) is 44.7 Å². The third-order valence-corrected chi connectivity index (χ3v) is 4.12. The van der Waals surface area contributed by atoms with Crippen molar-refractivity contribution in [2.24, 2.45) is 5.41 Å². The van der Waals surface area contributed by atoms with Crippen LogP contribution in [-0.4, -0.2) is 49.1 Å². The van der Waals surface area contributed by atoms with Gasteiger partial charge in [0.25, 0.3) is 0 Å². The van der Waals surface area contributed by atoms with Crippen molar-refractivity contribution in [1.82, 2.24) is 9.80 Å². The van der Waals surface area contributed by atoms with Crippen LogP contribution in [0.5, 0.6) is 0 Å². The first-order valence-electron chi connectivity index (χ1n) is 8.19. The summed E-state index contributed by atoms with van der Waals surface area (Å²) in [6.45, 7) is 14.1. The molecule has 0 aromatic heterocycles. The van der Waals surface area contributed by atoms with Crippen LogP contribution in [0.4, 0.5) is 0 Å². The highest BCUT2D eigenvalue weighted by molar-refractivity contribution is 5.48. The van der Waals surface area contributed by atoms with E-state index in [-0.39, 0.29) is 0 Å². The molecule has 2 nitrogen and oxygen atoms in total. The van der Waals surface area contributed by atoms with Gasteiger partial charge in [0.05, 0.1) is 0 Å². The van der Waals surface area contributed by atoms with Crippen molar-refractivity contribution in [3.63, 3.8) is 0 Å². The Labute approximate surface area is 130 Å². The lowest BCUT2D eigenvalue weighted by atomic mass is 9.92. The molecule has 1 aliphatic heterocycles. The molecular formula is C19H30N2. The molecule has 1 fully saturated rings. The molecule has 2 heteroatoms. The highest BCUT2D eigenvalue weighted by Crippen LogP contribution is 2.19. The van der Waals surface area contributed by atoms with Gasteiger partial charge in [-0.2, -0.15) is 0 Å². The topological polar surface area (TPSA) is 6.48 Å². The monoisotopic (exact) mass is 286 g/mol. The number of hydrogen-bond donors (Lipinski definition) is 0. The van der Waals surface area contributed by atoms with Crippen molar-refractivity contribution >= 4 is 6.08 Å². The Balaban J connectivity index is 1.66. The summed E-state index contributed by atoms with van der Waals surface area (Å²) in [5, 5.41) is 0. The van der Waals surface area contributed by atoms with E-state index in [4.69, 9.17) is 0 Å². The van der Waals surface area contributed by atoms with E-state index in [2.05, 4.69) is 73.1 Å². The van der Waals surface area contributed by atoms with Crippen molar-refractivity contribution in [1.29, 1.82) is 0 Å². The van der Waals surface area contributed by atoms with E-state index in [1.54, 1.807) is 0 Å². The van der Waals surface area contributed by atoms with Crippen molar-refractivity contribution in [2.75, 3.05) is 39.3 Å². The molecule has 0 aliphatic carbocycles. The zero-order valence-corrected chi connectivity index (χ0v) is 13.9. The third kappa shape index (κ3) is 6.45. The fourth-order valence-corrected chi connectivity index (χ4v) is 2.59. The molecule has 0 radical (unpaired) electrons. The summed E-state index contributed by atoms with van der Waals surface area (Å²) < 4.78 is 0. The highest BCUT2D eigenvalue weighted by atomic mass is 15.3. The van der Waals surface area contributed by atoms with Crippen LogP contribution in [0, 0.1) is 5.41 Å². The van der Waals surface area contributed by atoms with Gasteiger partial charge in [-0.15, -0.1) is 0 Å². The molecule has 0 N–H and O–H groups in total. The molecule has 116 valence electrons. The van der Waals surface area contributed by atoms with Gasteiger partial charge >= 0.3 is 0 Å². The molecule has 1 aliphatic rings. The lowest BCUT2D eigenvalue weighted by molar-refractivity contribution is 0.130. The van der Waals surface area contributed by atoms with Crippen molar-refractivity contribution in [2.45, 2.75) is 27.2 Å². The Morgan fingerprint density at radius 2 is 1.57 bits per heavy atom. The van der Waals surface area contributed by atoms with Gasteiger partial charge in [0.1, 0.15) is 0 Å². The number of rotatable bonds is 5. The minimum absolute atomic E-state index is 0.454. The minimum Gasteiger partial charge on any atom is -0.301 e. The normalized spacial score (nSPS) is 18.4. The van der Waals surface area contributed by atoms with Crippen molar-refractivity contribution in [3.05, 3.63) is 42.0 Å². The first kappa shape index (κ1) is 16.3. The fourth-order valence-electron chi connectivity index (χ4n) is 2.59. The Morgan fingerprint density at radius 1 is 0.952 bits per heavy atom. The van der Waals surface area contributed by atoms with E-state index < -0.39 is 0 Å². The van der Waals surface area contributed by atoms with Crippen molar-refractivity contribution < 1.29 is 0 Å². The summed E-state index contributed by atoms with van der Waals surface area (Å²) in [6, 6.07) is 10.6. The van der Waals surface area contributed by atoms with Gasteiger partial charge in [-0.3, -0.25) is 4.90 Å². The summed E-state index contributed by atoms with van der Waals surface area (Å²) in [5.74, 6) is 0. The first-order valence-corrected chi connectivity index (χ1v) is 8.19. The lowest BCUT2D eigenvalue weighted by Crippen LogP contribution is -2.46. The van der Waals surface area contributed by atoms with E-state index in [0.29, 0.717) is 5.41 Å². The molecule has 0 spiro atoms. The van der Waals surface area contributed by atoms with Gasteiger partial charge in [0.15, 0.2) is 0 Å². The van der Waals surface area contributed by atoms with Crippen LogP contribution in [0.25, 0.3) is 6.08 Å². The largest absolute Gasteiger partial charge is 0.301 e. The zero-order valence-electron chi connectivity index (χ0n) is 13.9. The van der Waals surface area contributed by atoms with Crippen LogP contribution in [0.3, 0.4) is 0 Å². The average molecular weight is 286 g/mol. The summed E-state index contributed by atoms with van der Waals surface area (Å²) in [7, 11) is 0. The van der Waals surface area contributed by atoms with Gasteiger partial charge in [-0.05, 0) is 23.9 Å². The van der Waals surface area contributed by atoms with Crippen LogP contribution >= 0.6 is 0 Å². The summed E-state index contributed by atoms with van der Waals surface area (Å²) in [6.07, 6.45) is 5.81. The van der Waals surface area contributed by atoms with E-state index in [9.17, 15) is 0 Å². The number of hydrogen-bond acceptors (Lipinski definition) is 2. The lowest BCUT2D eigenvalue weighted by Gasteiger charge is -2.35. The molecule has 0 saturated carbocycles. The number of nitrogens with zero attached hydrogens (tertiary/aromatic N) is 2. The fraction of sp³-hybridized carbons (Fsp3) is 0.579. The standard InChI is InChI=1S/C19H30N2/c1-19(2,3)11-13-21-16-14-20(15-17-21)12-7-10-18-8-5-4-6-9-18/h4-10H,11-17H2,1-3H3/b10-7+. The SMILES string of the molecule is CC(C)(C)CCN1CCN(C/C=C/c2ccccc2)CC1. The van der Waals surface area contributed by atoms with Gasteiger partial charge < -0.3 is 4.90 Å². The molecule has 0 amide bonds. The number of piperazine rings is 1. The second-order valence-electron chi connectivity index (χ2n) is 7.27. The van der Waals surface area contributed by atoms with Gasteiger partial charge in [-0.1, -0.05) is 63.3 Å². The molecule has 0 atom stereocenters. The quantitative estimate of drug-likeness (QED) is 0.813. The van der Waals surface area contributed by atoms with Crippen LogP contribution in [0.15, 0.2) is 36.4 Å². The molecule has 1 aromatic carbocycles. The second kappa shape index (κ2) is 7.77. The molecule has 2 rings (SSSR count). The Hall–Kier alpha value is -1.12. The van der Waals surface area contributed by atoms with Crippen molar-refractivity contribution in [3.8, 4) is 0 Å². The molecule has 1 aromatic rings. The molecule has 1 heterocycles. The summed E-state index contributed by atoms with van der Waals surface area (Å²) in [4.78, 5) is 5.16. The van der Waals surface area contributed by atoms with Crippen LogP contribution in [0.2, 0.25) is 0 Å². The second-order valence-corrected chi connectivity index (χ2v) is 7.27. The van der Waals surface area contributed by atoms with Gasteiger partial charge in [0.2, 0.25) is 0 Å². The number of benzene rings is 1. The van der Waals surface area contributed by atoms with Crippen LogP contribution < -0.4 is 0 Å². The maximum Gasteiger partial charge on any atom is 0.0167 e. The molecule has 1 saturated heterocycles. The minimum atomic E-state index is 0.454. The maximum absolute atomic E-state index is 2.61. The summed E-state index contributed by atoms with van der Waals surface area (Å²) >= 11 is 0. The molecule has 21 heavy (non-hydrogen) atoms. The highest BCUT2D eigenvalue weighted by Gasteiger charge is 2.18. The molecule has 0 bridgehead atoms. The van der Waals surface area contributed by atoms with Crippen LogP contribution in [-0.2, 0) is 0 Å². The Morgan fingerprint density at radius 3 is 2.19 bits per heavy atom. The predicted molar refractivity (Wildman–Crippen MR) is 92.4 cm³/mol. The van der Waals surface area contributed by atoms with E-state index in [0.717, 1.165) is 6.54 Å². The molecule has 0 unspecified atom stereocenters. The van der Waals surface area contributed by atoms with Gasteiger partial charge in [0, 0.05) is 32.7 Å². The Bertz CT molecular complexity index is 423. The summed E-state index contributed by atoms with van der Waals surface area (Å²) in [5.41, 5.74) is 1.75. The van der Waals surface area contributed by atoms with E-state index in [1.807, 2.05) is 0 Å². The van der Waals surface area contributed by atoms with E-state index >= 15 is 0 Å².